The van der Waals surface area contributed by atoms with Crippen LogP contribution in [0, 0.1) is 13.8 Å². The summed E-state index contributed by atoms with van der Waals surface area (Å²) in [6.07, 6.45) is 0. The van der Waals surface area contributed by atoms with Gasteiger partial charge < -0.3 is 16.2 Å². The first-order chi connectivity index (χ1) is 9.90. The molecule has 4 N–H and O–H groups in total. The minimum absolute atomic E-state index is 0.0806. The number of aryl methyl sites for hydroxylation is 2. The molecule has 1 amide bonds. The van der Waals surface area contributed by atoms with E-state index in [0.29, 0.717) is 16.8 Å². The zero-order chi connectivity index (χ0) is 15.6. The normalized spacial score (nSPS) is 10.2. The lowest BCUT2D eigenvalue weighted by molar-refractivity contribution is 0.0697. The molecule has 108 valence electrons. The first-order valence-electron chi connectivity index (χ1n) is 6.40. The standard InChI is InChI=1S/C16H16N2O3/c1-9-6-7-12(17)11(8-9)15(19)18-13-5-3-4-10(2)14(13)16(20)21/h3-8H,17H2,1-2H3,(H,18,19)(H,20,21). The van der Waals surface area contributed by atoms with Crippen molar-refractivity contribution in [1.29, 1.82) is 0 Å². The van der Waals surface area contributed by atoms with E-state index in [9.17, 15) is 14.7 Å². The van der Waals surface area contributed by atoms with Gasteiger partial charge in [-0.2, -0.15) is 0 Å². The number of nitrogen functional groups attached to an aromatic ring is 1. The van der Waals surface area contributed by atoms with Gasteiger partial charge in [0.1, 0.15) is 0 Å². The SMILES string of the molecule is Cc1ccc(N)c(C(=O)Nc2cccc(C)c2C(=O)O)c1. The Kier molecular flexibility index (Phi) is 3.93. The van der Waals surface area contributed by atoms with Crippen molar-refractivity contribution in [2.45, 2.75) is 13.8 Å². The largest absolute Gasteiger partial charge is 0.478 e. The maximum absolute atomic E-state index is 12.3. The fourth-order valence-electron chi connectivity index (χ4n) is 2.11. The third-order valence-corrected chi connectivity index (χ3v) is 3.19. The molecule has 0 fully saturated rings. The average Bonchev–Trinajstić information content (AvgIpc) is 2.41. The van der Waals surface area contributed by atoms with Gasteiger partial charge in [0.25, 0.3) is 5.91 Å². The zero-order valence-electron chi connectivity index (χ0n) is 11.8. The molecule has 0 bridgehead atoms. The second-order valence-electron chi connectivity index (χ2n) is 4.85. The molecule has 0 aliphatic rings. The van der Waals surface area contributed by atoms with Crippen LogP contribution >= 0.6 is 0 Å². The van der Waals surface area contributed by atoms with Crippen LogP contribution in [0.5, 0.6) is 0 Å². The predicted molar refractivity (Wildman–Crippen MR) is 81.7 cm³/mol. The molecule has 0 radical (unpaired) electrons. The third-order valence-electron chi connectivity index (χ3n) is 3.19. The molecule has 0 saturated heterocycles. The third kappa shape index (κ3) is 3.02. The number of carboxylic acid groups (broad SMARTS) is 1. The van der Waals surface area contributed by atoms with Crippen molar-refractivity contribution in [3.63, 3.8) is 0 Å². The van der Waals surface area contributed by atoms with Gasteiger partial charge in [0, 0.05) is 5.69 Å². The highest BCUT2D eigenvalue weighted by atomic mass is 16.4. The van der Waals surface area contributed by atoms with Gasteiger partial charge >= 0.3 is 5.97 Å². The molecule has 0 aliphatic carbocycles. The number of carbonyl (C=O) groups is 2. The molecule has 0 spiro atoms. The van der Waals surface area contributed by atoms with E-state index in [1.165, 1.54) is 0 Å². The van der Waals surface area contributed by atoms with Gasteiger partial charge in [0.15, 0.2) is 0 Å². The van der Waals surface area contributed by atoms with Crippen LogP contribution < -0.4 is 11.1 Å². The second kappa shape index (κ2) is 5.66. The Morgan fingerprint density at radius 2 is 1.86 bits per heavy atom. The molecule has 0 unspecified atom stereocenters. The van der Waals surface area contributed by atoms with E-state index >= 15 is 0 Å². The maximum atomic E-state index is 12.3. The van der Waals surface area contributed by atoms with Gasteiger partial charge in [0.2, 0.25) is 0 Å². The highest BCUT2D eigenvalue weighted by Crippen LogP contribution is 2.22. The Hall–Kier alpha value is -2.82. The number of aromatic carboxylic acids is 1. The van der Waals surface area contributed by atoms with Crippen molar-refractivity contribution >= 4 is 23.3 Å². The molecule has 2 rings (SSSR count). The van der Waals surface area contributed by atoms with Crippen molar-refractivity contribution in [3.05, 3.63) is 58.7 Å². The fourth-order valence-corrected chi connectivity index (χ4v) is 2.11. The van der Waals surface area contributed by atoms with Gasteiger partial charge in [-0.05, 0) is 37.6 Å². The maximum Gasteiger partial charge on any atom is 0.338 e. The van der Waals surface area contributed by atoms with E-state index in [1.54, 1.807) is 37.3 Å². The Labute approximate surface area is 122 Å². The van der Waals surface area contributed by atoms with E-state index in [-0.39, 0.29) is 11.3 Å². The molecular formula is C16H16N2O3. The number of amides is 1. The summed E-state index contributed by atoms with van der Waals surface area (Å²) in [6, 6.07) is 10.1. The van der Waals surface area contributed by atoms with Crippen LogP contribution in [0.3, 0.4) is 0 Å². The van der Waals surface area contributed by atoms with Gasteiger partial charge in [-0.25, -0.2) is 4.79 Å². The number of benzene rings is 2. The molecule has 0 aromatic heterocycles. The number of nitrogens with two attached hydrogens (primary N) is 1. The minimum atomic E-state index is -1.08. The number of nitrogens with one attached hydrogen (secondary N) is 1. The van der Waals surface area contributed by atoms with Gasteiger partial charge in [-0.15, -0.1) is 0 Å². The van der Waals surface area contributed by atoms with Crippen LogP contribution in [-0.2, 0) is 0 Å². The Morgan fingerprint density at radius 3 is 2.52 bits per heavy atom. The number of carboxylic acids is 1. The van der Waals surface area contributed by atoms with Crippen molar-refractivity contribution in [3.8, 4) is 0 Å². The van der Waals surface area contributed by atoms with Crippen molar-refractivity contribution in [2.24, 2.45) is 0 Å². The smallest absolute Gasteiger partial charge is 0.338 e. The second-order valence-corrected chi connectivity index (χ2v) is 4.85. The van der Waals surface area contributed by atoms with E-state index in [1.807, 2.05) is 13.0 Å². The summed E-state index contributed by atoms with van der Waals surface area (Å²) in [6.45, 7) is 3.53. The molecule has 21 heavy (non-hydrogen) atoms. The zero-order valence-corrected chi connectivity index (χ0v) is 11.8. The Bertz CT molecular complexity index is 723. The summed E-state index contributed by atoms with van der Waals surface area (Å²) in [5.74, 6) is -1.51. The molecule has 0 saturated carbocycles. The van der Waals surface area contributed by atoms with Crippen LogP contribution in [0.2, 0.25) is 0 Å². The van der Waals surface area contributed by atoms with Gasteiger partial charge in [0.05, 0.1) is 16.8 Å². The fraction of sp³-hybridized carbons (Fsp3) is 0.125. The molecule has 2 aromatic carbocycles. The monoisotopic (exact) mass is 284 g/mol. The number of anilines is 2. The lowest BCUT2D eigenvalue weighted by atomic mass is 10.1. The number of hydrogen-bond acceptors (Lipinski definition) is 3. The number of carbonyl (C=O) groups excluding carboxylic acids is 1. The highest BCUT2D eigenvalue weighted by molar-refractivity contribution is 6.10. The van der Waals surface area contributed by atoms with Gasteiger partial charge in [-0.1, -0.05) is 23.8 Å². The van der Waals surface area contributed by atoms with E-state index < -0.39 is 11.9 Å². The summed E-state index contributed by atoms with van der Waals surface area (Å²) in [7, 11) is 0. The lowest BCUT2D eigenvalue weighted by Crippen LogP contribution is -2.17. The molecule has 0 aliphatic heterocycles. The lowest BCUT2D eigenvalue weighted by Gasteiger charge is -2.12. The minimum Gasteiger partial charge on any atom is -0.478 e. The summed E-state index contributed by atoms with van der Waals surface area (Å²) >= 11 is 0. The molecule has 5 nitrogen and oxygen atoms in total. The topological polar surface area (TPSA) is 92.4 Å². The van der Waals surface area contributed by atoms with Crippen molar-refractivity contribution in [2.75, 3.05) is 11.1 Å². The molecule has 0 atom stereocenters. The molecule has 0 heterocycles. The Balaban J connectivity index is 2.39. The van der Waals surface area contributed by atoms with E-state index in [0.717, 1.165) is 5.56 Å². The quantitative estimate of drug-likeness (QED) is 0.756. The van der Waals surface area contributed by atoms with E-state index in [2.05, 4.69) is 5.32 Å². The predicted octanol–water partition coefficient (Wildman–Crippen LogP) is 2.84. The summed E-state index contributed by atoms with van der Waals surface area (Å²) in [5, 5.41) is 11.9. The molecule has 5 heteroatoms. The first kappa shape index (κ1) is 14.6. The van der Waals surface area contributed by atoms with E-state index in [4.69, 9.17) is 5.73 Å². The van der Waals surface area contributed by atoms with Crippen molar-refractivity contribution in [1.82, 2.24) is 0 Å². The summed E-state index contributed by atoms with van der Waals surface area (Å²) in [5.41, 5.74) is 8.29. The summed E-state index contributed by atoms with van der Waals surface area (Å²) in [4.78, 5) is 23.6. The van der Waals surface area contributed by atoms with Crippen LogP contribution in [0.15, 0.2) is 36.4 Å². The number of hydrogen-bond donors (Lipinski definition) is 3. The van der Waals surface area contributed by atoms with Crippen LogP contribution in [-0.4, -0.2) is 17.0 Å². The van der Waals surface area contributed by atoms with Crippen LogP contribution in [0.4, 0.5) is 11.4 Å². The van der Waals surface area contributed by atoms with Crippen LogP contribution in [0.1, 0.15) is 31.8 Å². The Morgan fingerprint density at radius 1 is 1.14 bits per heavy atom. The van der Waals surface area contributed by atoms with Crippen molar-refractivity contribution < 1.29 is 14.7 Å². The summed E-state index contributed by atoms with van der Waals surface area (Å²) < 4.78 is 0. The average molecular weight is 284 g/mol. The highest BCUT2D eigenvalue weighted by Gasteiger charge is 2.17. The first-order valence-corrected chi connectivity index (χ1v) is 6.40. The van der Waals surface area contributed by atoms with Gasteiger partial charge in [-0.3, -0.25) is 4.79 Å². The number of rotatable bonds is 3. The van der Waals surface area contributed by atoms with Crippen LogP contribution in [0.25, 0.3) is 0 Å². The molecular weight excluding hydrogens is 268 g/mol. The molecule has 2 aromatic rings.